The lowest BCUT2D eigenvalue weighted by Gasteiger charge is -2.39. The lowest BCUT2D eigenvalue weighted by atomic mass is 9.77. The first-order chi connectivity index (χ1) is 11.5. The maximum atomic E-state index is 12.8. The molecule has 2 aliphatic heterocycles. The Bertz CT molecular complexity index is 669. The number of hydrogen-bond donors (Lipinski definition) is 1. The monoisotopic (exact) mass is 329 g/mol. The molecule has 4 rings (SSSR count). The Kier molecular flexibility index (Phi) is 3.42. The third-order valence-corrected chi connectivity index (χ3v) is 6.10. The Balaban J connectivity index is 1.51. The zero-order chi connectivity index (χ0) is 16.9. The van der Waals surface area contributed by atoms with Crippen LogP contribution in [0.5, 0.6) is 0 Å². The molecule has 0 spiro atoms. The number of pyridine rings is 1. The van der Waals surface area contributed by atoms with Crippen molar-refractivity contribution in [2.24, 2.45) is 0 Å². The first kappa shape index (κ1) is 15.6. The van der Waals surface area contributed by atoms with Gasteiger partial charge >= 0.3 is 6.03 Å². The molecule has 0 aromatic carbocycles. The average Bonchev–Trinajstić information content (AvgIpc) is 3.07. The summed E-state index contributed by atoms with van der Waals surface area (Å²) in [5.74, 6) is -0.0539. The van der Waals surface area contributed by atoms with Gasteiger partial charge in [-0.15, -0.1) is 0 Å². The van der Waals surface area contributed by atoms with E-state index in [4.69, 9.17) is 0 Å². The molecule has 1 N–H and O–H groups in total. The quantitative estimate of drug-likeness (QED) is 0.843. The van der Waals surface area contributed by atoms with Crippen molar-refractivity contribution in [2.45, 2.75) is 62.6 Å². The number of carbonyl (C=O) groups is 2. The van der Waals surface area contributed by atoms with Gasteiger partial charge in [0.2, 0.25) is 0 Å². The molecule has 0 unspecified atom stereocenters. The van der Waals surface area contributed by atoms with Crippen LogP contribution in [-0.4, -0.2) is 50.0 Å². The van der Waals surface area contributed by atoms with E-state index in [9.17, 15) is 14.7 Å². The van der Waals surface area contributed by atoms with Crippen molar-refractivity contribution in [3.63, 3.8) is 0 Å². The number of amides is 3. The molecule has 3 aliphatic rings. The van der Waals surface area contributed by atoms with Crippen LogP contribution in [0.4, 0.5) is 4.79 Å². The van der Waals surface area contributed by atoms with Gasteiger partial charge in [-0.25, -0.2) is 4.79 Å². The zero-order valence-electron chi connectivity index (χ0n) is 13.9. The van der Waals surface area contributed by atoms with Gasteiger partial charge < -0.3 is 10.0 Å². The number of imide groups is 1. The summed E-state index contributed by atoms with van der Waals surface area (Å²) in [6, 6.07) is 3.46. The minimum Gasteiger partial charge on any atom is -0.385 e. The highest BCUT2D eigenvalue weighted by molar-refractivity contribution is 6.07. The highest BCUT2D eigenvalue weighted by atomic mass is 16.3. The molecule has 6 nitrogen and oxygen atoms in total. The summed E-state index contributed by atoms with van der Waals surface area (Å²) >= 11 is 0. The first-order valence-electron chi connectivity index (χ1n) is 8.74. The van der Waals surface area contributed by atoms with E-state index in [1.54, 1.807) is 17.3 Å². The molecule has 24 heavy (non-hydrogen) atoms. The van der Waals surface area contributed by atoms with Crippen LogP contribution in [0.3, 0.4) is 0 Å². The topological polar surface area (TPSA) is 73.7 Å². The summed E-state index contributed by atoms with van der Waals surface area (Å²) in [5, 5.41) is 10.9. The van der Waals surface area contributed by atoms with Crippen LogP contribution in [0.15, 0.2) is 24.5 Å². The van der Waals surface area contributed by atoms with Gasteiger partial charge in [-0.3, -0.25) is 14.7 Å². The predicted molar refractivity (Wildman–Crippen MR) is 87.0 cm³/mol. The highest BCUT2D eigenvalue weighted by Gasteiger charge is 2.58. The summed E-state index contributed by atoms with van der Waals surface area (Å²) in [5.41, 5.74) is -0.736. The maximum Gasteiger partial charge on any atom is 0.327 e. The summed E-state index contributed by atoms with van der Waals surface area (Å²) in [6.45, 7) is 2.55. The molecular formula is C18H23N3O3. The van der Waals surface area contributed by atoms with E-state index in [0.717, 1.165) is 18.4 Å². The summed E-state index contributed by atoms with van der Waals surface area (Å²) in [6.07, 6.45) is 7.37. The first-order valence-corrected chi connectivity index (χ1v) is 8.74. The number of aliphatic hydroxyl groups is 1. The van der Waals surface area contributed by atoms with Crippen molar-refractivity contribution in [2.75, 3.05) is 6.54 Å². The zero-order valence-corrected chi connectivity index (χ0v) is 13.9. The third-order valence-electron chi connectivity index (χ3n) is 6.10. The molecule has 3 fully saturated rings. The highest BCUT2D eigenvalue weighted by Crippen LogP contribution is 2.43. The second kappa shape index (κ2) is 5.28. The van der Waals surface area contributed by atoms with E-state index in [0.29, 0.717) is 32.2 Å². The number of fused-ring (bicyclic) bond motifs is 1. The van der Waals surface area contributed by atoms with Gasteiger partial charge in [0.05, 0.1) is 5.60 Å². The van der Waals surface area contributed by atoms with Crippen LogP contribution < -0.4 is 0 Å². The maximum absolute atomic E-state index is 12.8. The second-order valence-electron chi connectivity index (χ2n) is 7.49. The minimum absolute atomic E-state index is 0.0539. The van der Waals surface area contributed by atoms with E-state index in [1.165, 1.54) is 4.90 Å². The Hall–Kier alpha value is -1.95. The Morgan fingerprint density at radius 1 is 1.25 bits per heavy atom. The smallest absolute Gasteiger partial charge is 0.327 e. The molecule has 128 valence electrons. The van der Waals surface area contributed by atoms with Crippen molar-refractivity contribution in [3.05, 3.63) is 30.1 Å². The molecule has 2 saturated heterocycles. The van der Waals surface area contributed by atoms with Crippen LogP contribution in [0, 0.1) is 0 Å². The molecule has 1 atom stereocenters. The van der Waals surface area contributed by atoms with Crippen LogP contribution in [0.1, 0.15) is 51.0 Å². The van der Waals surface area contributed by atoms with Crippen LogP contribution in [-0.2, 0) is 10.4 Å². The number of urea groups is 1. The Morgan fingerprint density at radius 3 is 2.62 bits per heavy atom. The largest absolute Gasteiger partial charge is 0.385 e. The van der Waals surface area contributed by atoms with Gasteiger partial charge in [0.25, 0.3) is 5.91 Å². The number of aromatic nitrogens is 1. The molecule has 3 amide bonds. The summed E-state index contributed by atoms with van der Waals surface area (Å²) < 4.78 is 0. The van der Waals surface area contributed by atoms with Crippen LogP contribution >= 0.6 is 0 Å². The molecule has 3 heterocycles. The fourth-order valence-corrected chi connectivity index (χ4v) is 4.56. The number of rotatable bonds is 2. The number of nitrogens with zero attached hydrogens (tertiary/aromatic N) is 3. The van der Waals surface area contributed by atoms with E-state index < -0.39 is 11.1 Å². The Morgan fingerprint density at radius 2 is 2.00 bits per heavy atom. The van der Waals surface area contributed by atoms with Gasteiger partial charge in [0, 0.05) is 30.5 Å². The lowest BCUT2D eigenvalue weighted by molar-refractivity contribution is -0.134. The van der Waals surface area contributed by atoms with Crippen LogP contribution in [0.25, 0.3) is 0 Å². The summed E-state index contributed by atoms with van der Waals surface area (Å²) in [4.78, 5) is 32.8. The lowest BCUT2D eigenvalue weighted by Crippen LogP contribution is -2.47. The molecular weight excluding hydrogens is 306 g/mol. The van der Waals surface area contributed by atoms with E-state index in [1.807, 2.05) is 19.1 Å². The van der Waals surface area contributed by atoms with Gasteiger partial charge in [-0.05, 0) is 51.5 Å². The van der Waals surface area contributed by atoms with Crippen molar-refractivity contribution in [1.29, 1.82) is 0 Å². The number of carbonyl (C=O) groups excluding carboxylic acids is 2. The number of hydrogen-bond acceptors (Lipinski definition) is 4. The van der Waals surface area contributed by atoms with Gasteiger partial charge in [0.1, 0.15) is 5.54 Å². The SMILES string of the molecule is C[C@@]12CCCN1C(=O)N(C1CCC(O)(c3cccnc3)CC1)C2=O. The van der Waals surface area contributed by atoms with Crippen molar-refractivity contribution in [3.8, 4) is 0 Å². The standard InChI is InChI=1S/C18H23N3O3/c1-17-7-3-11-20(17)16(23)21(15(17)22)14-5-8-18(24,9-6-14)13-4-2-10-19-12-13/h2,4,10,12,14,24H,3,5-9,11H2,1H3/t14?,17-,18?/m0/s1. The van der Waals surface area contributed by atoms with E-state index in [2.05, 4.69) is 4.98 Å². The predicted octanol–water partition coefficient (Wildman–Crippen LogP) is 2.03. The third kappa shape index (κ3) is 2.09. The molecule has 1 aliphatic carbocycles. The van der Waals surface area contributed by atoms with Crippen molar-refractivity contribution < 1.29 is 14.7 Å². The van der Waals surface area contributed by atoms with Gasteiger partial charge in [-0.2, -0.15) is 0 Å². The molecule has 0 radical (unpaired) electrons. The molecule has 1 aromatic rings. The van der Waals surface area contributed by atoms with Crippen molar-refractivity contribution >= 4 is 11.9 Å². The molecule has 1 aromatic heterocycles. The molecule has 6 heteroatoms. The molecule has 1 saturated carbocycles. The minimum atomic E-state index is -0.906. The molecule has 0 bridgehead atoms. The van der Waals surface area contributed by atoms with E-state index >= 15 is 0 Å². The summed E-state index contributed by atoms with van der Waals surface area (Å²) in [7, 11) is 0. The fourth-order valence-electron chi connectivity index (χ4n) is 4.56. The van der Waals surface area contributed by atoms with Crippen LogP contribution in [0.2, 0.25) is 0 Å². The fraction of sp³-hybridized carbons (Fsp3) is 0.611. The second-order valence-corrected chi connectivity index (χ2v) is 7.49. The normalized spacial score (nSPS) is 36.3. The average molecular weight is 329 g/mol. The Labute approximate surface area is 141 Å². The van der Waals surface area contributed by atoms with E-state index in [-0.39, 0.29) is 18.0 Å². The van der Waals surface area contributed by atoms with Crippen molar-refractivity contribution in [1.82, 2.24) is 14.8 Å². The van der Waals surface area contributed by atoms with Gasteiger partial charge in [0.15, 0.2) is 0 Å². The van der Waals surface area contributed by atoms with Gasteiger partial charge in [-0.1, -0.05) is 6.07 Å².